The van der Waals surface area contributed by atoms with Crippen LogP contribution in [0.25, 0.3) is 0 Å². The number of benzene rings is 2. The molecule has 0 fully saturated rings. The second kappa shape index (κ2) is 5.88. The number of nitrogens with one attached hydrogen (secondary N) is 1. The average molecular weight is 326 g/mol. The van der Waals surface area contributed by atoms with Crippen LogP contribution in [0.2, 0.25) is 0 Å². The predicted octanol–water partition coefficient (Wildman–Crippen LogP) is 2.76. The molecule has 1 atom stereocenters. The molecule has 0 spiro atoms. The first-order chi connectivity index (χ1) is 11.4. The van der Waals surface area contributed by atoms with Gasteiger partial charge in [-0.3, -0.25) is 19.3 Å². The Morgan fingerprint density at radius 3 is 2.33 bits per heavy atom. The minimum Gasteiger partial charge on any atom is -0.324 e. The van der Waals surface area contributed by atoms with Crippen LogP contribution in [-0.2, 0) is 4.79 Å². The highest BCUT2D eigenvalue weighted by molar-refractivity contribution is 6.23. The fourth-order valence-corrected chi connectivity index (χ4v) is 2.62. The van der Waals surface area contributed by atoms with E-state index in [1.54, 1.807) is 18.2 Å². The van der Waals surface area contributed by atoms with Crippen molar-refractivity contribution in [2.45, 2.75) is 19.9 Å². The number of carbonyl (C=O) groups is 3. The summed E-state index contributed by atoms with van der Waals surface area (Å²) in [5.74, 6) is -1.91. The van der Waals surface area contributed by atoms with Crippen molar-refractivity contribution in [1.29, 1.82) is 0 Å². The highest BCUT2D eigenvalue weighted by Crippen LogP contribution is 2.26. The summed E-state index contributed by atoms with van der Waals surface area (Å²) in [6.07, 6.45) is 0. The molecule has 2 aromatic rings. The number of carbonyl (C=O) groups excluding carboxylic acids is 3. The van der Waals surface area contributed by atoms with Crippen molar-refractivity contribution in [1.82, 2.24) is 4.90 Å². The number of halogens is 1. The largest absolute Gasteiger partial charge is 0.324 e. The number of rotatable bonds is 3. The highest BCUT2D eigenvalue weighted by atomic mass is 19.1. The molecule has 1 heterocycles. The molecule has 0 radical (unpaired) electrons. The molecule has 122 valence electrons. The molecule has 5 nitrogen and oxygen atoms in total. The second-order valence-electron chi connectivity index (χ2n) is 5.70. The Morgan fingerprint density at radius 2 is 1.67 bits per heavy atom. The molecule has 0 saturated heterocycles. The van der Waals surface area contributed by atoms with E-state index in [1.807, 2.05) is 6.92 Å². The third kappa shape index (κ3) is 2.67. The average Bonchev–Trinajstić information content (AvgIpc) is 2.79. The molecule has 1 N–H and O–H groups in total. The van der Waals surface area contributed by atoms with Gasteiger partial charge < -0.3 is 5.32 Å². The lowest BCUT2D eigenvalue weighted by atomic mass is 10.1. The molecular weight excluding hydrogens is 311 g/mol. The monoisotopic (exact) mass is 326 g/mol. The van der Waals surface area contributed by atoms with Crippen molar-refractivity contribution in [3.05, 3.63) is 65.0 Å². The zero-order chi connectivity index (χ0) is 17.4. The Labute approximate surface area is 138 Å². The summed E-state index contributed by atoms with van der Waals surface area (Å²) in [4.78, 5) is 38.2. The number of hydrogen-bond donors (Lipinski definition) is 1. The van der Waals surface area contributed by atoms with Gasteiger partial charge in [0, 0.05) is 5.69 Å². The maximum absolute atomic E-state index is 12.9. The number of fused-ring (bicyclic) bond motifs is 1. The molecule has 3 rings (SSSR count). The number of hydrogen-bond acceptors (Lipinski definition) is 3. The Morgan fingerprint density at radius 1 is 1.04 bits per heavy atom. The summed E-state index contributed by atoms with van der Waals surface area (Å²) in [5, 5.41) is 2.57. The summed E-state index contributed by atoms with van der Waals surface area (Å²) < 4.78 is 12.9. The Kier molecular flexibility index (Phi) is 3.89. The Balaban J connectivity index is 1.81. The Hall–Kier alpha value is -3.02. The van der Waals surface area contributed by atoms with Gasteiger partial charge in [0.25, 0.3) is 11.8 Å². The number of aryl methyl sites for hydroxylation is 1. The van der Waals surface area contributed by atoms with Gasteiger partial charge in [-0.2, -0.15) is 0 Å². The van der Waals surface area contributed by atoms with E-state index in [9.17, 15) is 18.8 Å². The lowest BCUT2D eigenvalue weighted by Gasteiger charge is -2.21. The SMILES string of the molecule is Cc1ccc2c(c1)C(=O)N(C(C)C(=O)Nc1ccc(F)cc1)C2=O. The first-order valence-electron chi connectivity index (χ1n) is 7.43. The third-order valence-electron chi connectivity index (χ3n) is 3.95. The molecule has 1 aliphatic rings. The number of anilines is 1. The van der Waals surface area contributed by atoms with Crippen molar-refractivity contribution in [2.75, 3.05) is 5.32 Å². The molecule has 3 amide bonds. The van der Waals surface area contributed by atoms with Gasteiger partial charge in [-0.15, -0.1) is 0 Å². The first kappa shape index (κ1) is 15.9. The first-order valence-corrected chi connectivity index (χ1v) is 7.43. The van der Waals surface area contributed by atoms with E-state index < -0.39 is 29.6 Å². The third-order valence-corrected chi connectivity index (χ3v) is 3.95. The van der Waals surface area contributed by atoms with E-state index >= 15 is 0 Å². The van der Waals surface area contributed by atoms with Gasteiger partial charge in [0.15, 0.2) is 0 Å². The lowest BCUT2D eigenvalue weighted by molar-refractivity contribution is -0.119. The van der Waals surface area contributed by atoms with E-state index in [0.717, 1.165) is 10.5 Å². The van der Waals surface area contributed by atoms with Crippen molar-refractivity contribution in [2.24, 2.45) is 0 Å². The van der Waals surface area contributed by atoms with Crippen molar-refractivity contribution < 1.29 is 18.8 Å². The summed E-state index contributed by atoms with van der Waals surface area (Å²) in [7, 11) is 0. The molecule has 0 aliphatic carbocycles. The van der Waals surface area contributed by atoms with Crippen molar-refractivity contribution in [3.63, 3.8) is 0 Å². The van der Waals surface area contributed by atoms with Crippen LogP contribution in [0.1, 0.15) is 33.2 Å². The smallest absolute Gasteiger partial charge is 0.262 e. The molecule has 1 unspecified atom stereocenters. The van der Waals surface area contributed by atoms with Gasteiger partial charge in [0.2, 0.25) is 5.91 Å². The summed E-state index contributed by atoms with van der Waals surface area (Å²) >= 11 is 0. The van der Waals surface area contributed by atoms with Crippen LogP contribution < -0.4 is 5.32 Å². The van der Waals surface area contributed by atoms with Gasteiger partial charge in [-0.25, -0.2) is 4.39 Å². The van der Waals surface area contributed by atoms with Crippen LogP contribution in [-0.4, -0.2) is 28.7 Å². The predicted molar refractivity (Wildman–Crippen MR) is 86.2 cm³/mol. The lowest BCUT2D eigenvalue weighted by Crippen LogP contribution is -2.45. The summed E-state index contributed by atoms with van der Waals surface area (Å²) in [6.45, 7) is 3.30. The fraction of sp³-hybridized carbons (Fsp3) is 0.167. The van der Waals surface area contributed by atoms with Crippen molar-refractivity contribution in [3.8, 4) is 0 Å². The quantitative estimate of drug-likeness (QED) is 0.882. The number of amides is 3. The van der Waals surface area contributed by atoms with Crippen LogP contribution in [0.5, 0.6) is 0 Å². The number of imide groups is 1. The van der Waals surface area contributed by atoms with Gasteiger partial charge in [0.1, 0.15) is 11.9 Å². The molecule has 1 aliphatic heterocycles. The normalized spacial score (nSPS) is 14.5. The summed E-state index contributed by atoms with van der Waals surface area (Å²) in [5.41, 5.74) is 1.86. The molecule has 0 saturated carbocycles. The van der Waals surface area contributed by atoms with E-state index in [0.29, 0.717) is 16.8 Å². The topological polar surface area (TPSA) is 66.5 Å². The molecular formula is C18H15FN2O3. The maximum atomic E-state index is 12.9. The molecule has 0 aromatic heterocycles. The fourth-order valence-electron chi connectivity index (χ4n) is 2.62. The minimum atomic E-state index is -0.984. The molecule has 24 heavy (non-hydrogen) atoms. The van der Waals surface area contributed by atoms with Crippen LogP contribution in [0.3, 0.4) is 0 Å². The zero-order valence-electron chi connectivity index (χ0n) is 13.2. The van der Waals surface area contributed by atoms with E-state index in [-0.39, 0.29) is 0 Å². The van der Waals surface area contributed by atoms with Gasteiger partial charge >= 0.3 is 0 Å². The Bertz CT molecular complexity index is 846. The van der Waals surface area contributed by atoms with Crippen LogP contribution in [0.15, 0.2) is 42.5 Å². The van der Waals surface area contributed by atoms with E-state index in [2.05, 4.69) is 5.32 Å². The zero-order valence-corrected chi connectivity index (χ0v) is 13.2. The van der Waals surface area contributed by atoms with Crippen LogP contribution in [0, 0.1) is 12.7 Å². The van der Waals surface area contributed by atoms with Crippen LogP contribution >= 0.6 is 0 Å². The molecule has 6 heteroatoms. The van der Waals surface area contributed by atoms with Crippen molar-refractivity contribution >= 4 is 23.4 Å². The maximum Gasteiger partial charge on any atom is 0.262 e. The standard InChI is InChI=1S/C18H15FN2O3/c1-10-3-8-14-15(9-10)18(24)21(17(14)23)11(2)16(22)20-13-6-4-12(19)5-7-13/h3-9,11H,1-2H3,(H,20,22). The van der Waals surface area contributed by atoms with Gasteiger partial charge in [-0.05, 0) is 50.2 Å². The minimum absolute atomic E-state index is 0.298. The van der Waals surface area contributed by atoms with E-state index in [4.69, 9.17) is 0 Å². The number of nitrogens with zero attached hydrogens (tertiary/aromatic N) is 1. The summed E-state index contributed by atoms with van der Waals surface area (Å²) in [6, 6.07) is 9.24. The molecule has 0 bridgehead atoms. The second-order valence-corrected chi connectivity index (χ2v) is 5.70. The van der Waals surface area contributed by atoms with Gasteiger partial charge in [0.05, 0.1) is 11.1 Å². The van der Waals surface area contributed by atoms with E-state index in [1.165, 1.54) is 31.2 Å². The van der Waals surface area contributed by atoms with Gasteiger partial charge in [-0.1, -0.05) is 11.6 Å². The molecule has 2 aromatic carbocycles. The highest BCUT2D eigenvalue weighted by Gasteiger charge is 2.40. The van der Waals surface area contributed by atoms with Crippen LogP contribution in [0.4, 0.5) is 10.1 Å².